The molecule has 0 amide bonds. The predicted molar refractivity (Wildman–Crippen MR) is 71.9 cm³/mol. The van der Waals surface area contributed by atoms with Gasteiger partial charge in [-0.2, -0.15) is 0 Å². The van der Waals surface area contributed by atoms with Crippen LogP contribution in [-0.2, 0) is 0 Å². The lowest BCUT2D eigenvalue weighted by molar-refractivity contribution is 0.238. The molecule has 1 unspecified atom stereocenters. The van der Waals surface area contributed by atoms with Crippen LogP contribution >= 0.6 is 0 Å². The minimum absolute atomic E-state index is 0.525. The molecule has 0 radical (unpaired) electrons. The van der Waals surface area contributed by atoms with E-state index in [1.165, 1.54) is 25.1 Å². The number of hydrogen-bond acceptors (Lipinski definition) is 3. The van der Waals surface area contributed by atoms with Crippen LogP contribution in [-0.4, -0.2) is 50.2 Å². The molecular formula is C14H23N3. The monoisotopic (exact) mass is 233 g/mol. The summed E-state index contributed by atoms with van der Waals surface area (Å²) in [5, 5.41) is 3.38. The van der Waals surface area contributed by atoms with E-state index in [0.29, 0.717) is 6.04 Å². The standard InChI is InChI=1S/C14H23N3/c1-16(2)14(13-6-4-3-5-7-13)8-10-17-11-9-15-12-17/h3-7,14-15H,8-12H2,1-2H3. The molecule has 1 aliphatic rings. The molecular weight excluding hydrogens is 210 g/mol. The summed E-state index contributed by atoms with van der Waals surface area (Å²) in [6, 6.07) is 11.3. The van der Waals surface area contributed by atoms with Crippen LogP contribution in [0.5, 0.6) is 0 Å². The van der Waals surface area contributed by atoms with Crippen molar-refractivity contribution >= 4 is 0 Å². The van der Waals surface area contributed by atoms with Crippen LogP contribution in [0.25, 0.3) is 0 Å². The fourth-order valence-electron chi connectivity index (χ4n) is 2.45. The summed E-state index contributed by atoms with van der Waals surface area (Å²) in [6.07, 6.45) is 1.19. The smallest absolute Gasteiger partial charge is 0.0481 e. The summed E-state index contributed by atoms with van der Waals surface area (Å²) in [4.78, 5) is 4.80. The maximum Gasteiger partial charge on any atom is 0.0481 e. The average molecular weight is 233 g/mol. The largest absolute Gasteiger partial charge is 0.303 e. The summed E-state index contributed by atoms with van der Waals surface area (Å²) < 4.78 is 0. The Bertz CT molecular complexity index is 317. The Morgan fingerprint density at radius 2 is 2.06 bits per heavy atom. The van der Waals surface area contributed by atoms with E-state index in [-0.39, 0.29) is 0 Å². The molecule has 1 heterocycles. The Hall–Kier alpha value is -0.900. The van der Waals surface area contributed by atoms with Gasteiger partial charge in [-0.15, -0.1) is 0 Å². The molecule has 1 atom stereocenters. The molecule has 2 rings (SSSR count). The van der Waals surface area contributed by atoms with Crippen molar-refractivity contribution in [2.75, 3.05) is 40.4 Å². The first kappa shape index (κ1) is 12.6. The van der Waals surface area contributed by atoms with Crippen LogP contribution in [0.3, 0.4) is 0 Å². The molecule has 0 spiro atoms. The van der Waals surface area contributed by atoms with E-state index in [0.717, 1.165) is 13.2 Å². The van der Waals surface area contributed by atoms with Gasteiger partial charge < -0.3 is 10.2 Å². The number of hydrogen-bond donors (Lipinski definition) is 1. The zero-order valence-electron chi connectivity index (χ0n) is 10.9. The van der Waals surface area contributed by atoms with Crippen molar-refractivity contribution in [2.24, 2.45) is 0 Å². The van der Waals surface area contributed by atoms with Gasteiger partial charge in [0.25, 0.3) is 0 Å². The Morgan fingerprint density at radius 1 is 1.29 bits per heavy atom. The predicted octanol–water partition coefficient (Wildman–Crippen LogP) is 1.54. The third-order valence-electron chi connectivity index (χ3n) is 3.47. The molecule has 0 saturated carbocycles. The summed E-state index contributed by atoms with van der Waals surface area (Å²) in [6.45, 7) is 4.55. The van der Waals surface area contributed by atoms with Crippen molar-refractivity contribution in [3.63, 3.8) is 0 Å². The zero-order chi connectivity index (χ0) is 12.1. The van der Waals surface area contributed by atoms with Crippen molar-refractivity contribution in [2.45, 2.75) is 12.5 Å². The van der Waals surface area contributed by atoms with Gasteiger partial charge in [0, 0.05) is 32.3 Å². The Labute approximate surface area is 104 Å². The lowest BCUT2D eigenvalue weighted by atomic mass is 10.0. The van der Waals surface area contributed by atoms with Gasteiger partial charge in [0.1, 0.15) is 0 Å². The first-order valence-electron chi connectivity index (χ1n) is 6.42. The molecule has 17 heavy (non-hydrogen) atoms. The van der Waals surface area contributed by atoms with E-state index >= 15 is 0 Å². The maximum absolute atomic E-state index is 3.38. The highest BCUT2D eigenvalue weighted by atomic mass is 15.3. The molecule has 3 heteroatoms. The van der Waals surface area contributed by atoms with Crippen LogP contribution < -0.4 is 5.32 Å². The van der Waals surface area contributed by atoms with E-state index in [2.05, 4.69) is 59.5 Å². The van der Waals surface area contributed by atoms with Crippen molar-refractivity contribution in [3.8, 4) is 0 Å². The van der Waals surface area contributed by atoms with Gasteiger partial charge in [0.15, 0.2) is 0 Å². The van der Waals surface area contributed by atoms with Gasteiger partial charge in [-0.1, -0.05) is 30.3 Å². The van der Waals surface area contributed by atoms with Crippen molar-refractivity contribution in [3.05, 3.63) is 35.9 Å². The third-order valence-corrected chi connectivity index (χ3v) is 3.47. The number of benzene rings is 1. The van der Waals surface area contributed by atoms with Crippen molar-refractivity contribution < 1.29 is 0 Å². The summed E-state index contributed by atoms with van der Waals surface area (Å²) in [5.41, 5.74) is 1.42. The maximum atomic E-state index is 3.38. The minimum Gasteiger partial charge on any atom is -0.303 e. The number of rotatable bonds is 5. The fraction of sp³-hybridized carbons (Fsp3) is 0.571. The fourth-order valence-corrected chi connectivity index (χ4v) is 2.45. The van der Waals surface area contributed by atoms with E-state index in [1.807, 2.05) is 0 Å². The van der Waals surface area contributed by atoms with Gasteiger partial charge in [0.2, 0.25) is 0 Å². The van der Waals surface area contributed by atoms with Crippen LogP contribution in [0.4, 0.5) is 0 Å². The summed E-state index contributed by atoms with van der Waals surface area (Å²) in [5.74, 6) is 0. The molecule has 0 bridgehead atoms. The molecule has 3 nitrogen and oxygen atoms in total. The first-order chi connectivity index (χ1) is 8.27. The van der Waals surface area contributed by atoms with E-state index in [4.69, 9.17) is 0 Å². The molecule has 94 valence electrons. The van der Waals surface area contributed by atoms with Gasteiger partial charge in [-0.05, 0) is 26.1 Å². The highest BCUT2D eigenvalue weighted by molar-refractivity contribution is 5.18. The highest BCUT2D eigenvalue weighted by Gasteiger charge is 2.17. The average Bonchev–Trinajstić information content (AvgIpc) is 2.83. The van der Waals surface area contributed by atoms with Gasteiger partial charge >= 0.3 is 0 Å². The van der Waals surface area contributed by atoms with Crippen LogP contribution in [0, 0.1) is 0 Å². The molecule has 0 aromatic heterocycles. The number of nitrogens with one attached hydrogen (secondary N) is 1. The SMILES string of the molecule is CN(C)C(CCN1CCNC1)c1ccccc1. The quantitative estimate of drug-likeness (QED) is 0.832. The van der Waals surface area contributed by atoms with Crippen LogP contribution in [0.2, 0.25) is 0 Å². The second-order valence-corrected chi connectivity index (χ2v) is 4.95. The Kier molecular flexibility index (Phi) is 4.54. The number of nitrogens with zero attached hydrogens (tertiary/aromatic N) is 2. The lowest BCUT2D eigenvalue weighted by Crippen LogP contribution is -2.28. The first-order valence-corrected chi connectivity index (χ1v) is 6.42. The van der Waals surface area contributed by atoms with Gasteiger partial charge in [0.05, 0.1) is 0 Å². The molecule has 1 N–H and O–H groups in total. The van der Waals surface area contributed by atoms with Crippen LogP contribution in [0.1, 0.15) is 18.0 Å². The van der Waals surface area contributed by atoms with Crippen LogP contribution in [0.15, 0.2) is 30.3 Å². The lowest BCUT2D eigenvalue weighted by Gasteiger charge is -2.26. The molecule has 1 fully saturated rings. The third kappa shape index (κ3) is 3.53. The summed E-state index contributed by atoms with van der Waals surface area (Å²) in [7, 11) is 4.33. The zero-order valence-corrected chi connectivity index (χ0v) is 10.9. The summed E-state index contributed by atoms with van der Waals surface area (Å²) >= 11 is 0. The Morgan fingerprint density at radius 3 is 2.65 bits per heavy atom. The van der Waals surface area contributed by atoms with Crippen molar-refractivity contribution in [1.82, 2.24) is 15.1 Å². The van der Waals surface area contributed by atoms with Gasteiger partial charge in [-0.3, -0.25) is 4.90 Å². The second-order valence-electron chi connectivity index (χ2n) is 4.95. The normalized spacial score (nSPS) is 18.8. The highest BCUT2D eigenvalue weighted by Crippen LogP contribution is 2.21. The molecule has 1 aromatic rings. The van der Waals surface area contributed by atoms with E-state index in [9.17, 15) is 0 Å². The topological polar surface area (TPSA) is 18.5 Å². The van der Waals surface area contributed by atoms with E-state index in [1.54, 1.807) is 0 Å². The van der Waals surface area contributed by atoms with E-state index < -0.39 is 0 Å². The molecule has 1 saturated heterocycles. The second kappa shape index (κ2) is 6.15. The molecule has 1 aliphatic heterocycles. The molecule has 1 aromatic carbocycles. The van der Waals surface area contributed by atoms with Gasteiger partial charge in [-0.25, -0.2) is 0 Å². The van der Waals surface area contributed by atoms with Crippen molar-refractivity contribution in [1.29, 1.82) is 0 Å². The minimum atomic E-state index is 0.525. The Balaban J connectivity index is 1.93. The molecule has 0 aliphatic carbocycles.